The van der Waals surface area contributed by atoms with Crippen molar-refractivity contribution in [1.82, 2.24) is 4.44 Å². The monoisotopic (exact) mass is 301 g/mol. The van der Waals surface area contributed by atoms with E-state index in [1.807, 2.05) is 0 Å². The Kier molecular flexibility index (Phi) is 6.13. The van der Waals surface area contributed by atoms with Crippen LogP contribution in [0.15, 0.2) is 0 Å². The van der Waals surface area contributed by atoms with E-state index in [-0.39, 0.29) is 16.1 Å². The molecule has 2 rings (SSSR count). The van der Waals surface area contributed by atoms with Crippen LogP contribution in [0.1, 0.15) is 73.1 Å². The summed E-state index contributed by atoms with van der Waals surface area (Å²) >= 11 is 0. The van der Waals surface area contributed by atoms with Crippen LogP contribution in [0.5, 0.6) is 0 Å². The molecule has 0 aromatic heterocycles. The Bertz CT molecular complexity index is 240. The fraction of sp³-hybridized carbons (Fsp3) is 1.00. The van der Waals surface area contributed by atoms with Crippen LogP contribution in [0.4, 0.5) is 0 Å². The van der Waals surface area contributed by atoms with E-state index in [2.05, 4.69) is 39.1 Å². The van der Waals surface area contributed by atoms with Gasteiger partial charge in [0.15, 0.2) is 0 Å². The number of hydrogen-bond donors (Lipinski definition) is 0. The Morgan fingerprint density at radius 1 is 0.789 bits per heavy atom. The van der Waals surface area contributed by atoms with Crippen LogP contribution >= 0.6 is 16.1 Å². The van der Waals surface area contributed by atoms with Crippen molar-refractivity contribution in [3.05, 3.63) is 0 Å². The molecule has 1 nitrogen and oxygen atoms in total. The molecule has 2 fully saturated rings. The average molecular weight is 301 g/mol. The maximum Gasteiger partial charge on any atom is 0.00620 e. The zero-order chi connectivity index (χ0) is 14.0. The first-order valence-corrected chi connectivity index (χ1v) is 11.3. The van der Waals surface area contributed by atoms with Gasteiger partial charge in [0.25, 0.3) is 0 Å². The third-order valence-corrected chi connectivity index (χ3v) is 12.4. The van der Waals surface area contributed by atoms with E-state index in [1.54, 1.807) is 0 Å². The summed E-state index contributed by atoms with van der Waals surface area (Å²) in [4.78, 5) is 0. The van der Waals surface area contributed by atoms with Crippen LogP contribution in [0.3, 0.4) is 0 Å². The molecule has 0 aromatic rings. The fourth-order valence-electron chi connectivity index (χ4n) is 3.92. The highest BCUT2D eigenvalue weighted by Gasteiger charge is 2.42. The summed E-state index contributed by atoms with van der Waals surface area (Å²) in [6, 6.07) is 0. The Hall–Kier alpha value is 0.820. The van der Waals surface area contributed by atoms with Crippen molar-refractivity contribution in [1.29, 1.82) is 0 Å². The highest BCUT2D eigenvalue weighted by molar-refractivity contribution is 7.72. The largest absolute Gasteiger partial charge is 0.259 e. The summed E-state index contributed by atoms with van der Waals surface area (Å²) in [5.74, 6) is 0. The lowest BCUT2D eigenvalue weighted by Gasteiger charge is -2.42. The third-order valence-electron chi connectivity index (χ3n) is 5.06. The first-order chi connectivity index (χ1) is 9.06. The molecule has 0 saturated carbocycles. The van der Waals surface area contributed by atoms with Gasteiger partial charge in [-0.25, -0.2) is 0 Å². The Morgan fingerprint density at radius 2 is 1.16 bits per heavy atom. The van der Waals surface area contributed by atoms with Gasteiger partial charge in [-0.2, -0.15) is 0 Å². The zero-order valence-corrected chi connectivity index (χ0v) is 15.4. The predicted molar refractivity (Wildman–Crippen MR) is 91.8 cm³/mol. The van der Waals surface area contributed by atoms with Gasteiger partial charge in [0.05, 0.1) is 0 Å². The van der Waals surface area contributed by atoms with Gasteiger partial charge < -0.3 is 0 Å². The molecule has 2 aliphatic heterocycles. The molecule has 3 heteroatoms. The van der Waals surface area contributed by atoms with Gasteiger partial charge >= 0.3 is 0 Å². The number of nitrogens with zero attached hydrogens (tertiary/aromatic N) is 1. The second-order valence-corrected chi connectivity index (χ2v) is 13.1. The molecule has 0 spiro atoms. The van der Waals surface area contributed by atoms with E-state index in [1.165, 1.54) is 45.1 Å². The molecule has 0 aliphatic carbocycles. The van der Waals surface area contributed by atoms with Crippen molar-refractivity contribution < 1.29 is 0 Å². The number of rotatable bonds is 5. The lowest BCUT2D eigenvalue weighted by molar-refractivity contribution is 0.620. The maximum absolute atomic E-state index is 3.10. The molecular weight excluding hydrogens is 268 g/mol. The van der Waals surface area contributed by atoms with E-state index in [0.29, 0.717) is 0 Å². The Labute approximate surface area is 123 Å². The standard InChI is InChI=1S/C16H33NP2/c1-6-7-12-17(18-13(2)8-9-14(18)3)19-15(4)10-11-16(19)5/h13-16H,6-12H2,1-5H3/t13-,14-,15-,16-/m1/s1. The SMILES string of the molecule is CCCCN(P1[C@H](C)CC[C@H]1C)P1[C@H](C)CC[C@H]1C. The van der Waals surface area contributed by atoms with Crippen LogP contribution < -0.4 is 0 Å². The Balaban J connectivity index is 2.15. The minimum atomic E-state index is 0.155. The van der Waals surface area contributed by atoms with Crippen molar-refractivity contribution in [2.45, 2.75) is 95.8 Å². The second-order valence-electron chi connectivity index (χ2n) is 6.76. The molecule has 4 atom stereocenters. The summed E-state index contributed by atoms with van der Waals surface area (Å²) in [6.07, 6.45) is 8.72. The van der Waals surface area contributed by atoms with Gasteiger partial charge in [0.2, 0.25) is 0 Å². The first kappa shape index (κ1) is 16.2. The molecule has 19 heavy (non-hydrogen) atoms. The zero-order valence-electron chi connectivity index (χ0n) is 13.6. The van der Waals surface area contributed by atoms with E-state index in [9.17, 15) is 0 Å². The van der Waals surface area contributed by atoms with Crippen molar-refractivity contribution in [2.24, 2.45) is 0 Å². The summed E-state index contributed by atoms with van der Waals surface area (Å²) in [5.41, 5.74) is 3.96. The predicted octanol–water partition coefficient (Wildman–Crippen LogP) is 6.02. The molecule has 112 valence electrons. The van der Waals surface area contributed by atoms with Crippen molar-refractivity contribution >= 4 is 16.1 Å². The number of unbranched alkanes of at least 4 members (excludes halogenated alkanes) is 1. The normalized spacial score (nSPS) is 37.6. The number of hydrogen-bond acceptors (Lipinski definition) is 1. The fourth-order valence-corrected chi connectivity index (χ4v) is 12.9. The molecule has 2 aliphatic rings. The van der Waals surface area contributed by atoms with Crippen molar-refractivity contribution in [2.75, 3.05) is 6.54 Å². The van der Waals surface area contributed by atoms with Crippen LogP contribution in [0.25, 0.3) is 0 Å². The molecule has 0 N–H and O–H groups in total. The summed E-state index contributed by atoms with van der Waals surface area (Å²) < 4.78 is 3.10. The van der Waals surface area contributed by atoms with Gasteiger partial charge in [-0.1, -0.05) is 41.0 Å². The summed E-state index contributed by atoms with van der Waals surface area (Å²) in [6.45, 7) is 13.9. The second kappa shape index (κ2) is 7.20. The molecule has 0 aromatic carbocycles. The minimum absolute atomic E-state index is 0.155. The third kappa shape index (κ3) is 3.53. The van der Waals surface area contributed by atoms with Gasteiger partial charge in [-0.15, -0.1) is 0 Å². The molecule has 0 bridgehead atoms. The van der Waals surface area contributed by atoms with E-state index in [0.717, 1.165) is 22.6 Å². The highest BCUT2D eigenvalue weighted by atomic mass is 31.2. The van der Waals surface area contributed by atoms with Crippen LogP contribution in [-0.2, 0) is 0 Å². The lowest BCUT2D eigenvalue weighted by Crippen LogP contribution is -2.24. The quantitative estimate of drug-likeness (QED) is 0.561. The molecule has 0 amide bonds. The lowest BCUT2D eigenvalue weighted by atomic mass is 10.2. The van der Waals surface area contributed by atoms with Crippen LogP contribution in [0.2, 0.25) is 0 Å². The van der Waals surface area contributed by atoms with E-state index in [4.69, 9.17) is 0 Å². The smallest absolute Gasteiger partial charge is 0.00620 e. The summed E-state index contributed by atoms with van der Waals surface area (Å²) in [7, 11) is 0.311. The van der Waals surface area contributed by atoms with Gasteiger partial charge in [-0.3, -0.25) is 4.44 Å². The molecular formula is C16H33NP2. The molecule has 2 heterocycles. The first-order valence-electron chi connectivity index (χ1n) is 8.40. The van der Waals surface area contributed by atoms with Gasteiger partial charge in [0.1, 0.15) is 0 Å². The maximum atomic E-state index is 3.10. The Morgan fingerprint density at radius 3 is 1.47 bits per heavy atom. The molecule has 2 saturated heterocycles. The van der Waals surface area contributed by atoms with Gasteiger partial charge in [0, 0.05) is 6.54 Å². The minimum Gasteiger partial charge on any atom is -0.259 e. The average Bonchev–Trinajstić information content (AvgIpc) is 2.87. The van der Waals surface area contributed by atoms with Gasteiger partial charge in [-0.05, 0) is 70.9 Å². The molecule has 0 unspecified atom stereocenters. The van der Waals surface area contributed by atoms with Crippen molar-refractivity contribution in [3.63, 3.8) is 0 Å². The van der Waals surface area contributed by atoms with Crippen LogP contribution in [-0.4, -0.2) is 33.6 Å². The van der Waals surface area contributed by atoms with E-state index < -0.39 is 0 Å². The van der Waals surface area contributed by atoms with Crippen molar-refractivity contribution in [3.8, 4) is 0 Å². The topological polar surface area (TPSA) is 3.24 Å². The highest BCUT2D eigenvalue weighted by Crippen LogP contribution is 2.71. The summed E-state index contributed by atoms with van der Waals surface area (Å²) in [5, 5.41) is 0. The molecule has 0 radical (unpaired) electrons. The van der Waals surface area contributed by atoms with Crippen LogP contribution in [0, 0.1) is 0 Å². The van der Waals surface area contributed by atoms with E-state index >= 15 is 0 Å².